The van der Waals surface area contributed by atoms with Crippen molar-refractivity contribution in [2.45, 2.75) is 20.1 Å². The van der Waals surface area contributed by atoms with Gasteiger partial charge in [0.25, 0.3) is 11.8 Å². The molecule has 2 aliphatic heterocycles. The second-order valence-electron chi connectivity index (χ2n) is 14.1. The summed E-state index contributed by atoms with van der Waals surface area (Å²) in [5.74, 6) is 0.285. The molecule has 6 aromatic rings. The molecule has 0 unspecified atom stereocenters. The summed E-state index contributed by atoms with van der Waals surface area (Å²) in [6.45, 7) is 1.95. The first-order valence-electron chi connectivity index (χ1n) is 18.7. The molecule has 284 valence electrons. The zero-order chi connectivity index (χ0) is 39.8. The third kappa shape index (κ3) is 6.73. The average molecular weight is 755 g/mol. The largest absolute Gasteiger partial charge is 0.497 e. The van der Waals surface area contributed by atoms with Gasteiger partial charge in [0.15, 0.2) is 0 Å². The van der Waals surface area contributed by atoms with Crippen LogP contribution in [0.1, 0.15) is 27.8 Å². The molecule has 0 saturated carbocycles. The lowest BCUT2D eigenvalue weighted by Crippen LogP contribution is -2.25. The highest BCUT2D eigenvalue weighted by molar-refractivity contribution is 6.30. The minimum absolute atomic E-state index is 0.0571. The van der Waals surface area contributed by atoms with Crippen molar-refractivity contribution in [3.8, 4) is 5.75 Å². The molecular formula is C48H42N4O5. The molecule has 2 heterocycles. The lowest BCUT2D eigenvalue weighted by molar-refractivity contribution is -0.123. The number of nitrogens with zero attached hydrogens (tertiary/aromatic N) is 4. The van der Waals surface area contributed by atoms with Crippen LogP contribution in [0.3, 0.4) is 0 Å². The molecule has 0 aliphatic carbocycles. The molecule has 57 heavy (non-hydrogen) atoms. The number of aliphatic hydroxyl groups is 2. The number of amides is 2. The van der Waals surface area contributed by atoms with Crippen molar-refractivity contribution in [1.82, 2.24) is 9.80 Å². The van der Waals surface area contributed by atoms with E-state index in [4.69, 9.17) is 4.74 Å². The van der Waals surface area contributed by atoms with Crippen LogP contribution >= 0.6 is 0 Å². The summed E-state index contributed by atoms with van der Waals surface area (Å²) < 4.78 is 5.41. The molecule has 0 fully saturated rings. The van der Waals surface area contributed by atoms with Gasteiger partial charge in [-0.25, -0.2) is 0 Å². The van der Waals surface area contributed by atoms with E-state index in [1.165, 1.54) is 0 Å². The Hall–Kier alpha value is -6.94. The smallest absolute Gasteiger partial charge is 0.261 e. The van der Waals surface area contributed by atoms with E-state index in [2.05, 4.69) is 41.0 Å². The quantitative estimate of drug-likeness (QED) is 0.136. The molecule has 0 radical (unpaired) electrons. The number of ether oxygens (including phenoxy) is 1. The van der Waals surface area contributed by atoms with Gasteiger partial charge in [-0.2, -0.15) is 0 Å². The Bertz CT molecular complexity index is 2460. The molecule has 0 bridgehead atoms. The first kappa shape index (κ1) is 37.0. The maximum atomic E-state index is 14.1. The first-order chi connectivity index (χ1) is 27.7. The average Bonchev–Trinajstić information content (AvgIpc) is 3.66. The zero-order valence-electron chi connectivity index (χ0n) is 32.2. The number of carbonyl (C=O) groups is 2. The molecule has 0 spiro atoms. The van der Waals surface area contributed by atoms with Gasteiger partial charge in [0.2, 0.25) is 0 Å². The summed E-state index contributed by atoms with van der Waals surface area (Å²) in [4.78, 5) is 35.6. The summed E-state index contributed by atoms with van der Waals surface area (Å²) in [5.41, 5.74) is 11.6. The number of rotatable bonds is 11. The van der Waals surface area contributed by atoms with Gasteiger partial charge in [-0.15, -0.1) is 0 Å². The summed E-state index contributed by atoms with van der Waals surface area (Å²) in [5, 5.41) is 19.3. The Balaban J connectivity index is 1.16. The van der Waals surface area contributed by atoms with Crippen LogP contribution in [0.5, 0.6) is 5.75 Å². The number of methoxy groups -OCH3 is 1. The second kappa shape index (κ2) is 15.3. The first-order valence-corrected chi connectivity index (χ1v) is 18.7. The maximum Gasteiger partial charge on any atom is 0.261 e. The summed E-state index contributed by atoms with van der Waals surface area (Å²) in [6.07, 6.45) is 0. The van der Waals surface area contributed by atoms with Crippen molar-refractivity contribution >= 4 is 57.3 Å². The molecule has 8 rings (SSSR count). The number of fused-ring (bicyclic) bond motifs is 1. The molecule has 9 heteroatoms. The van der Waals surface area contributed by atoms with Crippen LogP contribution in [-0.2, 0) is 22.8 Å². The van der Waals surface area contributed by atoms with E-state index in [1.54, 1.807) is 31.0 Å². The van der Waals surface area contributed by atoms with E-state index < -0.39 is 0 Å². The number of benzene rings is 6. The number of carbonyl (C=O) groups excluding carboxylic acids is 2. The van der Waals surface area contributed by atoms with Crippen molar-refractivity contribution in [3.63, 3.8) is 0 Å². The van der Waals surface area contributed by atoms with E-state index in [1.807, 2.05) is 121 Å². The van der Waals surface area contributed by atoms with Crippen molar-refractivity contribution in [2.24, 2.45) is 0 Å². The Morgan fingerprint density at radius 1 is 0.474 bits per heavy atom. The summed E-state index contributed by atoms with van der Waals surface area (Å²) in [7, 11) is 5.08. The Morgan fingerprint density at radius 3 is 1.09 bits per heavy atom. The van der Waals surface area contributed by atoms with Gasteiger partial charge >= 0.3 is 0 Å². The highest BCUT2D eigenvalue weighted by atomic mass is 16.5. The zero-order valence-corrected chi connectivity index (χ0v) is 32.2. The molecule has 2 amide bonds. The Morgan fingerprint density at radius 2 is 0.772 bits per heavy atom. The van der Waals surface area contributed by atoms with Gasteiger partial charge in [0, 0.05) is 48.2 Å². The van der Waals surface area contributed by atoms with Crippen molar-refractivity contribution < 1.29 is 24.5 Å². The second-order valence-corrected chi connectivity index (χ2v) is 14.1. The van der Waals surface area contributed by atoms with Crippen LogP contribution in [0.15, 0.2) is 157 Å². The minimum Gasteiger partial charge on any atom is -0.497 e. The topological polar surface area (TPSA) is 96.8 Å². The van der Waals surface area contributed by atoms with Gasteiger partial charge < -0.3 is 34.5 Å². The normalized spacial score (nSPS) is 13.8. The fourth-order valence-electron chi connectivity index (χ4n) is 7.56. The van der Waals surface area contributed by atoms with Gasteiger partial charge in [-0.3, -0.25) is 9.59 Å². The molecular weight excluding hydrogens is 713 g/mol. The van der Waals surface area contributed by atoms with E-state index in [9.17, 15) is 19.8 Å². The fourth-order valence-corrected chi connectivity index (χ4v) is 7.56. The number of hydrogen-bond acceptors (Lipinski definition) is 7. The molecule has 0 aromatic heterocycles. The predicted molar refractivity (Wildman–Crippen MR) is 225 cm³/mol. The van der Waals surface area contributed by atoms with Crippen molar-refractivity contribution in [1.29, 1.82) is 0 Å². The number of anilines is 6. The Kier molecular flexibility index (Phi) is 9.93. The lowest BCUT2D eigenvalue weighted by Gasteiger charge is -2.26. The van der Waals surface area contributed by atoms with Gasteiger partial charge in [0.1, 0.15) is 5.75 Å². The van der Waals surface area contributed by atoms with E-state index in [0.29, 0.717) is 22.5 Å². The lowest BCUT2D eigenvalue weighted by atomic mass is 10.0. The Labute approximate surface area is 332 Å². The van der Waals surface area contributed by atoms with E-state index in [0.717, 1.165) is 67.7 Å². The fraction of sp³-hybridized carbons (Fsp3) is 0.125. The van der Waals surface area contributed by atoms with Gasteiger partial charge in [-0.1, -0.05) is 66.2 Å². The monoisotopic (exact) mass is 754 g/mol. The van der Waals surface area contributed by atoms with Crippen LogP contribution in [0.2, 0.25) is 0 Å². The van der Waals surface area contributed by atoms with Crippen LogP contribution in [0.4, 0.5) is 34.1 Å². The third-order valence-corrected chi connectivity index (χ3v) is 10.6. The van der Waals surface area contributed by atoms with Crippen molar-refractivity contribution in [2.75, 3.05) is 31.0 Å². The van der Waals surface area contributed by atoms with E-state index >= 15 is 0 Å². The van der Waals surface area contributed by atoms with Crippen molar-refractivity contribution in [3.05, 3.63) is 185 Å². The summed E-state index contributed by atoms with van der Waals surface area (Å²) >= 11 is 0. The molecule has 0 atom stereocenters. The maximum absolute atomic E-state index is 14.1. The van der Waals surface area contributed by atoms with Crippen LogP contribution in [0.25, 0.3) is 11.4 Å². The predicted octanol–water partition coefficient (Wildman–Crippen LogP) is 8.99. The standard InChI is InChI=1S/C48H42N4O5/c1-31-5-15-36(16-6-31)51(41-25-27-42(57-4)28-26-41)39-21-11-34(12-22-39)45-43-44(48(56)49(45)2)46(50(3)47(43)55)35-13-23-40(24-14-35)52(37-17-7-32(29-53)8-18-37)38-19-9-33(30-54)10-20-38/h5-28,53-54H,29-30H2,1-4H3. The molecule has 9 nitrogen and oxygen atoms in total. The van der Waals surface area contributed by atoms with Crippen LogP contribution in [0, 0.1) is 6.92 Å². The highest BCUT2D eigenvalue weighted by Gasteiger charge is 2.46. The van der Waals surface area contributed by atoms with Gasteiger partial charge in [0.05, 0.1) is 42.9 Å². The van der Waals surface area contributed by atoms with E-state index in [-0.39, 0.29) is 25.0 Å². The SMILES string of the molecule is COc1ccc(N(c2ccc(C)cc2)c2ccc(C3=C4C(=O)N(C)C(c5ccc(N(c6ccc(CO)cc6)c6ccc(CO)cc6)cc5)=C4C(=O)N3C)cc2)cc1. The minimum atomic E-state index is -0.241. The van der Waals surface area contributed by atoms with Crippen LogP contribution in [-0.4, -0.2) is 53.0 Å². The number of likely N-dealkylation sites (N-methyl/N-ethyl adjacent to an activating group) is 2. The number of aliphatic hydroxyl groups excluding tert-OH is 2. The third-order valence-electron chi connectivity index (χ3n) is 10.6. The molecule has 2 N–H and O–H groups in total. The summed E-state index contributed by atoms with van der Waals surface area (Å²) in [6, 6.07) is 47.3. The van der Waals surface area contributed by atoms with Gasteiger partial charge in [-0.05, 0) is 114 Å². The van der Waals surface area contributed by atoms with Crippen LogP contribution < -0.4 is 14.5 Å². The molecule has 2 aliphatic rings. The number of hydrogen-bond donors (Lipinski definition) is 2. The number of aryl methyl sites for hydroxylation is 1. The molecule has 0 saturated heterocycles. The molecule has 6 aromatic carbocycles. The highest BCUT2D eigenvalue weighted by Crippen LogP contribution is 2.46.